The summed E-state index contributed by atoms with van der Waals surface area (Å²) in [5.41, 5.74) is -0.0965. The maximum absolute atomic E-state index is 10.7. The van der Waals surface area contributed by atoms with Crippen molar-refractivity contribution < 1.29 is 9.84 Å². The highest BCUT2D eigenvalue weighted by Gasteiger charge is 2.36. The minimum Gasteiger partial charge on any atom is -0.388 e. The van der Waals surface area contributed by atoms with E-state index in [0.29, 0.717) is 30.6 Å². The van der Waals surface area contributed by atoms with Gasteiger partial charge in [0.25, 0.3) is 0 Å². The second kappa shape index (κ2) is 6.95. The van der Waals surface area contributed by atoms with E-state index in [4.69, 9.17) is 4.74 Å². The molecule has 0 aromatic heterocycles. The van der Waals surface area contributed by atoms with Crippen LogP contribution in [0.1, 0.15) is 46.0 Å². The molecule has 1 aliphatic heterocycles. The number of nitrogens with zero attached hydrogens (tertiary/aromatic N) is 1. The van der Waals surface area contributed by atoms with E-state index in [2.05, 4.69) is 38.2 Å². The van der Waals surface area contributed by atoms with Crippen LogP contribution >= 0.6 is 0 Å². The van der Waals surface area contributed by atoms with E-state index in [1.54, 1.807) is 0 Å². The van der Waals surface area contributed by atoms with Crippen LogP contribution < -0.4 is 5.32 Å². The van der Waals surface area contributed by atoms with Crippen molar-refractivity contribution in [2.75, 3.05) is 40.4 Å². The maximum atomic E-state index is 10.7. The summed E-state index contributed by atoms with van der Waals surface area (Å²) in [7, 11) is 4.24. The van der Waals surface area contributed by atoms with Gasteiger partial charge in [-0.1, -0.05) is 13.8 Å². The first-order valence-electron chi connectivity index (χ1n) is 8.50. The van der Waals surface area contributed by atoms with Gasteiger partial charge in [0.1, 0.15) is 0 Å². The first kappa shape index (κ1) is 17.2. The van der Waals surface area contributed by atoms with Gasteiger partial charge in [-0.15, -0.1) is 0 Å². The molecule has 4 heteroatoms. The molecular weight excluding hydrogens is 264 g/mol. The van der Waals surface area contributed by atoms with E-state index in [-0.39, 0.29) is 0 Å². The molecule has 0 aromatic rings. The van der Waals surface area contributed by atoms with E-state index in [0.717, 1.165) is 25.9 Å². The summed E-state index contributed by atoms with van der Waals surface area (Å²) < 4.78 is 5.37. The fourth-order valence-corrected chi connectivity index (χ4v) is 4.18. The summed E-state index contributed by atoms with van der Waals surface area (Å²) in [4.78, 5) is 2.34. The molecular formula is C17H34N2O2. The average Bonchev–Trinajstić information content (AvgIpc) is 2.38. The van der Waals surface area contributed by atoms with Gasteiger partial charge in [0.2, 0.25) is 0 Å². The molecule has 2 atom stereocenters. The summed E-state index contributed by atoms with van der Waals surface area (Å²) in [5, 5.41) is 14.2. The van der Waals surface area contributed by atoms with Crippen molar-refractivity contribution >= 4 is 0 Å². The lowest BCUT2D eigenvalue weighted by Crippen LogP contribution is -2.50. The summed E-state index contributed by atoms with van der Waals surface area (Å²) in [6.07, 6.45) is 5.37. The Kier molecular flexibility index (Phi) is 5.69. The van der Waals surface area contributed by atoms with Gasteiger partial charge in [-0.05, 0) is 44.7 Å². The Morgan fingerprint density at radius 2 is 1.90 bits per heavy atom. The molecule has 0 aromatic carbocycles. The van der Waals surface area contributed by atoms with E-state index in [9.17, 15) is 5.11 Å². The van der Waals surface area contributed by atoms with E-state index in [1.807, 2.05) is 0 Å². The van der Waals surface area contributed by atoms with Crippen molar-refractivity contribution in [3.63, 3.8) is 0 Å². The Bertz CT molecular complexity index is 327. The molecule has 2 fully saturated rings. The Morgan fingerprint density at radius 3 is 2.52 bits per heavy atom. The van der Waals surface area contributed by atoms with E-state index < -0.39 is 5.60 Å². The van der Waals surface area contributed by atoms with Gasteiger partial charge in [-0.25, -0.2) is 0 Å². The van der Waals surface area contributed by atoms with Crippen molar-refractivity contribution in [2.45, 2.75) is 57.6 Å². The van der Waals surface area contributed by atoms with Crippen molar-refractivity contribution in [1.29, 1.82) is 0 Å². The van der Waals surface area contributed by atoms with Crippen molar-refractivity contribution in [2.24, 2.45) is 11.3 Å². The van der Waals surface area contributed by atoms with Crippen molar-refractivity contribution in [3.8, 4) is 0 Å². The standard InChI is InChI=1S/C17H34N2O2/c1-16(2)6-5-15(18-3)14(11-16)12-19(4)13-17(20)7-9-21-10-8-17/h14-15,18,20H,5-13H2,1-4H3. The summed E-state index contributed by atoms with van der Waals surface area (Å²) in [6, 6.07) is 0.616. The molecule has 2 rings (SSSR count). The van der Waals surface area contributed by atoms with Crippen LogP contribution in [0, 0.1) is 11.3 Å². The van der Waals surface area contributed by atoms with Gasteiger partial charge in [0.05, 0.1) is 5.60 Å². The molecule has 4 nitrogen and oxygen atoms in total. The third-order valence-electron chi connectivity index (χ3n) is 5.42. The predicted octanol–water partition coefficient (Wildman–Crippen LogP) is 1.87. The Morgan fingerprint density at radius 1 is 1.24 bits per heavy atom. The van der Waals surface area contributed by atoms with Crippen LogP contribution in [0.25, 0.3) is 0 Å². The van der Waals surface area contributed by atoms with Crippen LogP contribution in [0.4, 0.5) is 0 Å². The smallest absolute Gasteiger partial charge is 0.0817 e. The van der Waals surface area contributed by atoms with Crippen LogP contribution in [-0.2, 0) is 4.74 Å². The normalized spacial score (nSPS) is 32.3. The number of aliphatic hydroxyl groups is 1. The van der Waals surface area contributed by atoms with Crippen molar-refractivity contribution in [1.82, 2.24) is 10.2 Å². The average molecular weight is 298 g/mol. The third kappa shape index (κ3) is 4.92. The van der Waals surface area contributed by atoms with Crippen LogP contribution in [-0.4, -0.2) is 62.0 Å². The Hall–Kier alpha value is -0.160. The fraction of sp³-hybridized carbons (Fsp3) is 1.00. The number of likely N-dealkylation sites (N-methyl/N-ethyl adjacent to an activating group) is 1. The summed E-state index contributed by atoms with van der Waals surface area (Å²) >= 11 is 0. The third-order valence-corrected chi connectivity index (χ3v) is 5.42. The zero-order chi connectivity index (χ0) is 15.5. The molecule has 0 radical (unpaired) electrons. The van der Waals surface area contributed by atoms with Crippen molar-refractivity contribution in [3.05, 3.63) is 0 Å². The lowest BCUT2D eigenvalue weighted by molar-refractivity contribution is -0.0794. The second-order valence-electron chi connectivity index (χ2n) is 8.10. The van der Waals surface area contributed by atoms with Gasteiger partial charge >= 0.3 is 0 Å². The van der Waals surface area contributed by atoms with Gasteiger partial charge in [0.15, 0.2) is 0 Å². The minimum atomic E-state index is -0.549. The summed E-state index contributed by atoms with van der Waals surface area (Å²) in [5.74, 6) is 0.673. The van der Waals surface area contributed by atoms with Crippen LogP contribution in [0.2, 0.25) is 0 Å². The highest BCUT2D eigenvalue weighted by molar-refractivity contribution is 4.91. The zero-order valence-electron chi connectivity index (χ0n) is 14.3. The topological polar surface area (TPSA) is 44.7 Å². The summed E-state index contributed by atoms with van der Waals surface area (Å²) in [6.45, 7) is 8.00. The lowest BCUT2D eigenvalue weighted by Gasteiger charge is -2.43. The van der Waals surface area contributed by atoms with Crippen LogP contribution in [0.3, 0.4) is 0 Å². The SMILES string of the molecule is CNC1CCC(C)(C)CC1CN(C)CC1(O)CCOCC1. The Labute approximate surface area is 130 Å². The molecule has 1 heterocycles. The molecule has 21 heavy (non-hydrogen) atoms. The van der Waals surface area contributed by atoms with Crippen LogP contribution in [0.5, 0.6) is 0 Å². The molecule has 0 bridgehead atoms. The number of ether oxygens (including phenoxy) is 1. The molecule has 0 spiro atoms. The van der Waals surface area contributed by atoms with Gasteiger partial charge in [-0.3, -0.25) is 0 Å². The molecule has 2 N–H and O–H groups in total. The first-order chi connectivity index (χ1) is 9.84. The highest BCUT2D eigenvalue weighted by atomic mass is 16.5. The van der Waals surface area contributed by atoms with Gasteiger partial charge in [-0.2, -0.15) is 0 Å². The molecule has 0 amide bonds. The monoisotopic (exact) mass is 298 g/mol. The molecule has 124 valence electrons. The van der Waals surface area contributed by atoms with Gasteiger partial charge < -0.3 is 20.1 Å². The number of hydrogen-bond donors (Lipinski definition) is 2. The molecule has 1 saturated heterocycles. The largest absolute Gasteiger partial charge is 0.388 e. The molecule has 1 saturated carbocycles. The quantitative estimate of drug-likeness (QED) is 0.813. The lowest BCUT2D eigenvalue weighted by atomic mass is 9.69. The minimum absolute atomic E-state index is 0.453. The van der Waals surface area contributed by atoms with Crippen LogP contribution in [0.15, 0.2) is 0 Å². The van der Waals surface area contributed by atoms with E-state index in [1.165, 1.54) is 19.3 Å². The molecule has 1 aliphatic carbocycles. The van der Waals surface area contributed by atoms with E-state index >= 15 is 0 Å². The zero-order valence-corrected chi connectivity index (χ0v) is 14.3. The van der Waals surface area contributed by atoms with Gasteiger partial charge in [0, 0.05) is 45.2 Å². The Balaban J connectivity index is 1.88. The fourth-order valence-electron chi connectivity index (χ4n) is 4.18. The second-order valence-corrected chi connectivity index (χ2v) is 8.10. The first-order valence-corrected chi connectivity index (χ1v) is 8.50. The number of rotatable bonds is 5. The highest BCUT2D eigenvalue weighted by Crippen LogP contribution is 2.39. The number of nitrogens with one attached hydrogen (secondary N) is 1. The molecule has 2 aliphatic rings. The predicted molar refractivity (Wildman–Crippen MR) is 86.5 cm³/mol. The molecule has 2 unspecified atom stereocenters. The number of hydrogen-bond acceptors (Lipinski definition) is 4. The maximum Gasteiger partial charge on any atom is 0.0817 e.